The number of hydrogen-bond acceptors (Lipinski definition) is 1. The average Bonchev–Trinajstić information content (AvgIpc) is 3.40. The Morgan fingerprint density at radius 1 is 0.917 bits per heavy atom. The van der Waals surface area contributed by atoms with E-state index in [0.29, 0.717) is 11.8 Å². The Kier molecular flexibility index (Phi) is 5.23. The molecule has 1 fully saturated rings. The smallest absolute Gasteiger partial charge is 0.124 e. The number of hydrogen-bond donors (Lipinski definition) is 0. The molecule has 1 aromatic heterocycles. The van der Waals surface area contributed by atoms with Gasteiger partial charge in [-0.15, -0.1) is 0 Å². The van der Waals surface area contributed by atoms with Crippen LogP contribution in [0.25, 0.3) is 22.5 Å². The number of allylic oxidation sites excluding steroid dienone is 8. The number of benzene rings is 2. The van der Waals surface area contributed by atoms with Crippen LogP contribution in [0.4, 0.5) is 0 Å². The molecular formula is C34H34N2. The van der Waals surface area contributed by atoms with Gasteiger partial charge in [0.2, 0.25) is 0 Å². The van der Waals surface area contributed by atoms with Crippen LogP contribution in [-0.4, -0.2) is 9.55 Å². The molecule has 1 saturated carbocycles. The van der Waals surface area contributed by atoms with Crippen molar-refractivity contribution in [1.82, 2.24) is 9.55 Å². The minimum Gasteiger partial charge on any atom is -0.295 e. The molecule has 0 radical (unpaired) electrons. The van der Waals surface area contributed by atoms with E-state index in [4.69, 9.17) is 4.98 Å². The molecule has 0 saturated heterocycles. The van der Waals surface area contributed by atoms with Gasteiger partial charge in [-0.3, -0.25) is 4.57 Å². The van der Waals surface area contributed by atoms with E-state index in [-0.39, 0.29) is 5.41 Å². The van der Waals surface area contributed by atoms with Crippen LogP contribution in [0.15, 0.2) is 91.2 Å². The highest BCUT2D eigenvalue weighted by molar-refractivity contribution is 5.88. The number of rotatable bonds is 3. The van der Waals surface area contributed by atoms with Crippen molar-refractivity contribution in [2.45, 2.75) is 69.1 Å². The topological polar surface area (TPSA) is 17.8 Å². The standard InChI is InChI=1S/C34H34N2/c1-34-22-11-10-20-29(34)28-17-8-9-21-30(28)36-31(23-35-33(34)36)32-26(24-13-4-2-5-14-24)18-12-19-27(32)25-15-6-3-7-16-25/h4,8-14,17-23,25,29H,2-3,5-7,15-16H2,1H3. The maximum Gasteiger partial charge on any atom is 0.124 e. The number of nitrogens with zero attached hydrogens (tertiary/aromatic N) is 2. The van der Waals surface area contributed by atoms with Gasteiger partial charge in [0.1, 0.15) is 5.82 Å². The van der Waals surface area contributed by atoms with Gasteiger partial charge in [-0.1, -0.05) is 98.2 Å². The van der Waals surface area contributed by atoms with E-state index in [2.05, 4.69) is 103 Å². The van der Waals surface area contributed by atoms with Crippen LogP contribution in [0, 0.1) is 0 Å². The van der Waals surface area contributed by atoms with Crippen molar-refractivity contribution in [3.8, 4) is 16.9 Å². The first-order valence-corrected chi connectivity index (χ1v) is 13.8. The Hall–Kier alpha value is -3.39. The Bertz CT molecular complexity index is 1440. The molecule has 2 heterocycles. The van der Waals surface area contributed by atoms with Gasteiger partial charge in [-0.2, -0.15) is 0 Å². The summed E-state index contributed by atoms with van der Waals surface area (Å²) >= 11 is 0. The van der Waals surface area contributed by atoms with E-state index in [1.54, 1.807) is 0 Å². The molecule has 2 atom stereocenters. The molecule has 0 N–H and O–H groups in total. The van der Waals surface area contributed by atoms with Gasteiger partial charge in [-0.05, 0) is 66.9 Å². The predicted molar refractivity (Wildman–Crippen MR) is 150 cm³/mol. The Morgan fingerprint density at radius 3 is 2.64 bits per heavy atom. The first kappa shape index (κ1) is 21.9. The van der Waals surface area contributed by atoms with Gasteiger partial charge < -0.3 is 0 Å². The molecule has 2 aromatic carbocycles. The fraction of sp³-hybridized carbons (Fsp3) is 0.324. The molecular weight excluding hydrogens is 436 g/mol. The third kappa shape index (κ3) is 3.27. The summed E-state index contributed by atoms with van der Waals surface area (Å²) in [6, 6.07) is 16.0. The third-order valence-corrected chi connectivity index (χ3v) is 8.96. The van der Waals surface area contributed by atoms with Crippen LogP contribution >= 0.6 is 0 Å². The zero-order chi connectivity index (χ0) is 24.1. The van der Waals surface area contributed by atoms with Crippen molar-refractivity contribution >= 4 is 5.57 Å². The molecule has 0 amide bonds. The maximum atomic E-state index is 5.20. The van der Waals surface area contributed by atoms with Crippen LogP contribution in [0.1, 0.15) is 86.2 Å². The lowest BCUT2D eigenvalue weighted by Crippen LogP contribution is -2.36. The molecule has 0 spiro atoms. The lowest BCUT2D eigenvalue weighted by molar-refractivity contribution is 0.444. The summed E-state index contributed by atoms with van der Waals surface area (Å²) in [6.45, 7) is 2.36. The average molecular weight is 471 g/mol. The first-order valence-electron chi connectivity index (χ1n) is 13.8. The van der Waals surface area contributed by atoms with Crippen molar-refractivity contribution in [1.29, 1.82) is 0 Å². The van der Waals surface area contributed by atoms with Gasteiger partial charge in [0, 0.05) is 11.5 Å². The van der Waals surface area contributed by atoms with Gasteiger partial charge in [0.15, 0.2) is 0 Å². The first-order chi connectivity index (χ1) is 17.8. The summed E-state index contributed by atoms with van der Waals surface area (Å²) in [5, 5.41) is 0. The second-order valence-corrected chi connectivity index (χ2v) is 11.1. The summed E-state index contributed by atoms with van der Waals surface area (Å²) in [4.78, 5) is 5.20. The van der Waals surface area contributed by atoms with Crippen molar-refractivity contribution in [2.75, 3.05) is 0 Å². The summed E-state index contributed by atoms with van der Waals surface area (Å²) in [7, 11) is 0. The Balaban J connectivity index is 1.51. The highest BCUT2D eigenvalue weighted by Gasteiger charge is 2.44. The van der Waals surface area contributed by atoms with E-state index in [9.17, 15) is 0 Å². The summed E-state index contributed by atoms with van der Waals surface area (Å²) in [5.74, 6) is 2.07. The largest absolute Gasteiger partial charge is 0.295 e. The van der Waals surface area contributed by atoms with Crippen molar-refractivity contribution in [3.63, 3.8) is 0 Å². The van der Waals surface area contributed by atoms with Gasteiger partial charge in [0.25, 0.3) is 0 Å². The summed E-state index contributed by atoms with van der Waals surface area (Å²) in [5.41, 5.74) is 9.38. The van der Waals surface area contributed by atoms with Gasteiger partial charge >= 0.3 is 0 Å². The van der Waals surface area contributed by atoms with Crippen molar-refractivity contribution in [3.05, 3.63) is 114 Å². The van der Waals surface area contributed by atoms with Crippen LogP contribution in [-0.2, 0) is 5.41 Å². The fourth-order valence-corrected chi connectivity index (χ4v) is 7.14. The molecule has 4 aliphatic rings. The third-order valence-electron chi connectivity index (χ3n) is 8.96. The minimum atomic E-state index is -0.161. The lowest BCUT2D eigenvalue weighted by Gasteiger charge is -2.41. The quantitative estimate of drug-likeness (QED) is 0.374. The second kappa shape index (κ2) is 8.62. The molecule has 7 rings (SSSR count). The molecule has 3 aliphatic carbocycles. The molecule has 0 bridgehead atoms. The maximum absolute atomic E-state index is 5.20. The molecule has 2 nitrogen and oxygen atoms in total. The van der Waals surface area contributed by atoms with E-state index in [1.807, 2.05) is 0 Å². The zero-order valence-electron chi connectivity index (χ0n) is 21.2. The number of para-hydroxylation sites is 1. The summed E-state index contributed by atoms with van der Waals surface area (Å²) < 4.78 is 2.49. The highest BCUT2D eigenvalue weighted by atomic mass is 15.1. The van der Waals surface area contributed by atoms with Crippen molar-refractivity contribution < 1.29 is 0 Å². The normalized spacial score (nSPS) is 24.7. The summed E-state index contributed by atoms with van der Waals surface area (Å²) in [6.07, 6.45) is 27.2. The second-order valence-electron chi connectivity index (χ2n) is 11.1. The van der Waals surface area contributed by atoms with Crippen molar-refractivity contribution in [2.24, 2.45) is 0 Å². The van der Waals surface area contributed by atoms with E-state index >= 15 is 0 Å². The molecule has 36 heavy (non-hydrogen) atoms. The number of imidazole rings is 1. The zero-order valence-corrected chi connectivity index (χ0v) is 21.2. The van der Waals surface area contributed by atoms with E-state index < -0.39 is 0 Å². The molecule has 3 aromatic rings. The van der Waals surface area contributed by atoms with Crippen LogP contribution in [0.3, 0.4) is 0 Å². The van der Waals surface area contributed by atoms with E-state index in [1.165, 1.54) is 71.3 Å². The number of aromatic nitrogens is 2. The highest BCUT2D eigenvalue weighted by Crippen LogP contribution is 2.51. The molecule has 2 heteroatoms. The van der Waals surface area contributed by atoms with Crippen LogP contribution in [0.2, 0.25) is 0 Å². The molecule has 180 valence electrons. The minimum absolute atomic E-state index is 0.161. The molecule has 2 unspecified atom stereocenters. The predicted octanol–water partition coefficient (Wildman–Crippen LogP) is 8.80. The lowest BCUT2D eigenvalue weighted by atomic mass is 9.68. The fourth-order valence-electron chi connectivity index (χ4n) is 7.14. The van der Waals surface area contributed by atoms with Crippen LogP contribution in [0.5, 0.6) is 0 Å². The SMILES string of the molecule is CC12C=CC=CC1c1ccccc1-n1c(-c3c(C4=CCCC=C4)cccc3C3CCCCC3)cnc12. The molecule has 1 aliphatic heterocycles. The Labute approximate surface area is 214 Å². The monoisotopic (exact) mass is 470 g/mol. The number of fused-ring (bicyclic) bond motifs is 6. The Morgan fingerprint density at radius 2 is 1.78 bits per heavy atom. The van der Waals surface area contributed by atoms with Gasteiger partial charge in [-0.25, -0.2) is 4.98 Å². The van der Waals surface area contributed by atoms with Gasteiger partial charge in [0.05, 0.1) is 23.0 Å². The van der Waals surface area contributed by atoms with Crippen LogP contribution < -0.4 is 0 Å². The van der Waals surface area contributed by atoms with E-state index in [0.717, 1.165) is 18.7 Å².